The van der Waals surface area contributed by atoms with Crippen molar-refractivity contribution in [2.24, 2.45) is 0 Å². The number of benzene rings is 1. The van der Waals surface area contributed by atoms with E-state index in [9.17, 15) is 4.79 Å². The van der Waals surface area contributed by atoms with Gasteiger partial charge >= 0.3 is 5.69 Å². The predicted molar refractivity (Wildman–Crippen MR) is 93.4 cm³/mol. The van der Waals surface area contributed by atoms with E-state index in [-0.39, 0.29) is 5.69 Å². The van der Waals surface area contributed by atoms with Crippen LogP contribution in [-0.2, 0) is 6.42 Å². The van der Waals surface area contributed by atoms with Gasteiger partial charge in [0.25, 0.3) is 0 Å². The second kappa shape index (κ2) is 6.25. The molecular weight excluding hydrogens is 324 g/mol. The molecule has 4 rings (SSSR count). The summed E-state index contributed by atoms with van der Waals surface area (Å²) in [5, 5.41) is 16.7. The molecule has 3 aromatic heterocycles. The first kappa shape index (κ1) is 14.6. The third kappa shape index (κ3) is 2.91. The predicted octanol–water partition coefficient (Wildman–Crippen LogP) is 2.20. The molecule has 0 fully saturated rings. The lowest BCUT2D eigenvalue weighted by atomic mass is 10.2. The molecule has 0 saturated heterocycles. The number of hydrogen-bond acceptors (Lipinski definition) is 6. The molecule has 0 aliphatic carbocycles. The van der Waals surface area contributed by atoms with Crippen LogP contribution in [0.25, 0.3) is 16.2 Å². The van der Waals surface area contributed by atoms with Gasteiger partial charge in [-0.3, -0.25) is 0 Å². The van der Waals surface area contributed by atoms with E-state index < -0.39 is 0 Å². The minimum Gasteiger partial charge on any atom is -0.368 e. The Hall–Kier alpha value is -3.00. The molecule has 0 bridgehead atoms. The molecule has 2 N–H and O–H groups in total. The van der Waals surface area contributed by atoms with E-state index in [1.807, 2.05) is 18.2 Å². The van der Waals surface area contributed by atoms with Gasteiger partial charge < -0.3 is 5.32 Å². The zero-order chi connectivity index (χ0) is 16.4. The lowest BCUT2D eigenvalue weighted by Crippen LogP contribution is -2.14. The number of H-pyrrole nitrogens is 1. The van der Waals surface area contributed by atoms with Crippen molar-refractivity contribution in [2.75, 3.05) is 11.9 Å². The van der Waals surface area contributed by atoms with Crippen LogP contribution < -0.4 is 11.0 Å². The molecule has 8 heteroatoms. The van der Waals surface area contributed by atoms with Gasteiger partial charge in [0.2, 0.25) is 0 Å². The van der Waals surface area contributed by atoms with Crippen molar-refractivity contribution in [3.05, 3.63) is 64.0 Å². The molecule has 0 aliphatic rings. The number of thiazole rings is 1. The van der Waals surface area contributed by atoms with Crippen molar-refractivity contribution in [3.63, 3.8) is 0 Å². The van der Waals surface area contributed by atoms with Crippen LogP contribution in [0.2, 0.25) is 0 Å². The largest absolute Gasteiger partial charge is 0.368 e. The van der Waals surface area contributed by atoms with Crippen molar-refractivity contribution in [3.8, 4) is 10.6 Å². The lowest BCUT2D eigenvalue weighted by molar-refractivity contribution is 0.869. The first-order valence-electron chi connectivity index (χ1n) is 7.48. The Morgan fingerprint density at radius 3 is 2.92 bits per heavy atom. The van der Waals surface area contributed by atoms with Gasteiger partial charge in [-0.2, -0.15) is 9.61 Å². The number of anilines is 1. The number of hydrogen-bond donors (Lipinski definition) is 2. The van der Waals surface area contributed by atoms with Crippen LogP contribution in [-0.4, -0.2) is 31.3 Å². The molecule has 7 nitrogen and oxygen atoms in total. The highest BCUT2D eigenvalue weighted by Crippen LogP contribution is 2.23. The van der Waals surface area contributed by atoms with Crippen LogP contribution >= 0.6 is 11.3 Å². The SMILES string of the molecule is O=c1[nH]nc2ccc(NCCc3csc(-c4ccccc4)n3)nn12. The standard InChI is InChI=1S/C16H14N6OS/c23-16-20-19-14-7-6-13(21-22(14)16)17-9-8-12-10-24-15(18-12)11-4-2-1-3-5-11/h1-7,10H,8-9H2,(H,17,21)(H,20,23). The van der Waals surface area contributed by atoms with E-state index in [1.165, 1.54) is 4.52 Å². The Kier molecular flexibility index (Phi) is 3.80. The van der Waals surface area contributed by atoms with Crippen molar-refractivity contribution >= 4 is 22.8 Å². The summed E-state index contributed by atoms with van der Waals surface area (Å²) in [6.45, 7) is 0.684. The molecule has 0 amide bonds. The molecule has 120 valence electrons. The second-order valence-corrected chi connectivity index (χ2v) is 6.06. The monoisotopic (exact) mass is 338 g/mol. The van der Waals surface area contributed by atoms with Gasteiger partial charge in [0.1, 0.15) is 10.8 Å². The Bertz CT molecular complexity index is 1020. The minimum atomic E-state index is -0.347. The first-order chi connectivity index (χ1) is 11.8. The number of aromatic nitrogens is 5. The highest BCUT2D eigenvalue weighted by Gasteiger charge is 2.05. The Morgan fingerprint density at radius 2 is 2.04 bits per heavy atom. The van der Waals surface area contributed by atoms with Crippen molar-refractivity contribution in [1.82, 2.24) is 24.8 Å². The van der Waals surface area contributed by atoms with Crippen molar-refractivity contribution in [1.29, 1.82) is 0 Å². The van der Waals surface area contributed by atoms with E-state index >= 15 is 0 Å². The van der Waals surface area contributed by atoms with Gasteiger partial charge in [-0.05, 0) is 12.1 Å². The third-order valence-corrected chi connectivity index (χ3v) is 4.47. The van der Waals surface area contributed by atoms with Gasteiger partial charge in [-0.25, -0.2) is 14.9 Å². The van der Waals surface area contributed by atoms with Crippen LogP contribution in [0, 0.1) is 0 Å². The van der Waals surface area contributed by atoms with Crippen LogP contribution in [0.4, 0.5) is 5.82 Å². The summed E-state index contributed by atoms with van der Waals surface area (Å²) in [5.74, 6) is 0.629. The van der Waals surface area contributed by atoms with E-state index in [0.717, 1.165) is 22.7 Å². The molecule has 24 heavy (non-hydrogen) atoms. The maximum Gasteiger partial charge on any atom is 0.364 e. The topological polar surface area (TPSA) is 88.0 Å². The first-order valence-corrected chi connectivity index (χ1v) is 8.36. The minimum absolute atomic E-state index is 0.347. The quantitative estimate of drug-likeness (QED) is 0.582. The maximum atomic E-state index is 11.5. The van der Waals surface area contributed by atoms with E-state index in [2.05, 4.69) is 43.1 Å². The highest BCUT2D eigenvalue weighted by atomic mass is 32.1. The second-order valence-electron chi connectivity index (χ2n) is 5.20. The lowest BCUT2D eigenvalue weighted by Gasteiger charge is -2.03. The fraction of sp³-hybridized carbons (Fsp3) is 0.125. The Labute approximate surface area is 141 Å². The van der Waals surface area contributed by atoms with Crippen LogP contribution in [0.15, 0.2) is 52.6 Å². The zero-order valence-corrected chi connectivity index (χ0v) is 13.5. The third-order valence-electron chi connectivity index (χ3n) is 3.53. The smallest absolute Gasteiger partial charge is 0.364 e. The Morgan fingerprint density at radius 1 is 1.17 bits per heavy atom. The molecule has 0 spiro atoms. The summed E-state index contributed by atoms with van der Waals surface area (Å²) >= 11 is 1.64. The van der Waals surface area contributed by atoms with E-state index in [4.69, 9.17) is 0 Å². The summed E-state index contributed by atoms with van der Waals surface area (Å²) in [6, 6.07) is 13.7. The zero-order valence-electron chi connectivity index (χ0n) is 12.6. The van der Waals surface area contributed by atoms with Gasteiger partial charge in [0, 0.05) is 23.9 Å². The van der Waals surface area contributed by atoms with Crippen molar-refractivity contribution < 1.29 is 0 Å². The van der Waals surface area contributed by atoms with Crippen molar-refractivity contribution in [2.45, 2.75) is 6.42 Å². The summed E-state index contributed by atoms with van der Waals surface area (Å²) in [6.07, 6.45) is 0.781. The molecule has 1 aromatic carbocycles. The molecule has 0 radical (unpaired) electrons. The van der Waals surface area contributed by atoms with Crippen LogP contribution in [0.1, 0.15) is 5.69 Å². The van der Waals surface area contributed by atoms with E-state index in [1.54, 1.807) is 23.5 Å². The summed E-state index contributed by atoms with van der Waals surface area (Å²) < 4.78 is 1.23. The number of aromatic amines is 1. The maximum absolute atomic E-state index is 11.5. The molecule has 0 unspecified atom stereocenters. The molecular formula is C16H14N6OS. The summed E-state index contributed by atoms with van der Waals surface area (Å²) in [4.78, 5) is 16.2. The normalized spacial score (nSPS) is 11.0. The molecule has 0 saturated carbocycles. The summed E-state index contributed by atoms with van der Waals surface area (Å²) in [7, 11) is 0. The molecule has 0 aliphatic heterocycles. The Balaban J connectivity index is 1.41. The van der Waals surface area contributed by atoms with E-state index in [0.29, 0.717) is 18.0 Å². The van der Waals surface area contributed by atoms with Crippen LogP contribution in [0.3, 0.4) is 0 Å². The van der Waals surface area contributed by atoms with Gasteiger partial charge in [0.15, 0.2) is 5.65 Å². The highest BCUT2D eigenvalue weighted by molar-refractivity contribution is 7.13. The molecule has 3 heterocycles. The number of nitrogens with zero attached hydrogens (tertiary/aromatic N) is 4. The average molecular weight is 338 g/mol. The number of fused-ring (bicyclic) bond motifs is 1. The fourth-order valence-corrected chi connectivity index (χ4v) is 3.21. The number of rotatable bonds is 5. The van der Waals surface area contributed by atoms with Gasteiger partial charge in [-0.15, -0.1) is 16.4 Å². The molecule has 4 aromatic rings. The number of nitrogens with one attached hydrogen (secondary N) is 2. The van der Waals surface area contributed by atoms with Gasteiger partial charge in [-0.1, -0.05) is 30.3 Å². The fourth-order valence-electron chi connectivity index (χ4n) is 2.35. The van der Waals surface area contributed by atoms with Gasteiger partial charge in [0.05, 0.1) is 5.69 Å². The average Bonchev–Trinajstić information content (AvgIpc) is 3.23. The van der Waals surface area contributed by atoms with Crippen LogP contribution in [0.5, 0.6) is 0 Å². The molecule has 0 atom stereocenters. The summed E-state index contributed by atoms with van der Waals surface area (Å²) in [5.41, 5.74) is 2.32.